The molecule has 0 aromatic heterocycles. The lowest BCUT2D eigenvalue weighted by Crippen LogP contribution is -1.91. The largest absolute Gasteiger partial charge is 0.396 e. The Balaban J connectivity index is 2.59. The average molecular weight is 251 g/mol. The van der Waals surface area contributed by atoms with Crippen LogP contribution >= 0.6 is 15.9 Å². The van der Waals surface area contributed by atoms with Crippen molar-refractivity contribution in [3.05, 3.63) is 46.4 Å². The zero-order valence-corrected chi connectivity index (χ0v) is 9.29. The fourth-order valence-electron chi connectivity index (χ4n) is 1.57. The Kier molecular flexibility index (Phi) is 2.85. The second-order valence-corrected chi connectivity index (χ2v) is 4.12. The van der Waals surface area contributed by atoms with Crippen LogP contribution in [0.4, 0.5) is 0 Å². The van der Waals surface area contributed by atoms with E-state index in [1.54, 1.807) is 0 Å². The highest BCUT2D eigenvalue weighted by Crippen LogP contribution is 2.24. The van der Waals surface area contributed by atoms with E-state index in [-0.39, 0.29) is 6.61 Å². The van der Waals surface area contributed by atoms with Gasteiger partial charge in [0.2, 0.25) is 0 Å². The van der Waals surface area contributed by atoms with Gasteiger partial charge in [0, 0.05) is 11.1 Å². The first-order valence-corrected chi connectivity index (χ1v) is 5.38. The van der Waals surface area contributed by atoms with E-state index < -0.39 is 0 Å². The lowest BCUT2D eigenvalue weighted by Gasteiger charge is -2.05. The first-order chi connectivity index (χ1) is 6.81. The smallest absolute Gasteiger partial charge is 0.0471 e. The van der Waals surface area contributed by atoms with Crippen LogP contribution in [0.3, 0.4) is 0 Å². The van der Waals surface area contributed by atoms with Gasteiger partial charge in [-0.25, -0.2) is 0 Å². The number of halogens is 1. The molecule has 1 N–H and O–H groups in total. The Morgan fingerprint density at radius 1 is 1.07 bits per heavy atom. The van der Waals surface area contributed by atoms with Gasteiger partial charge in [-0.3, -0.25) is 0 Å². The summed E-state index contributed by atoms with van der Waals surface area (Å²) in [5, 5.41) is 11.3. The van der Waals surface area contributed by atoms with Crippen molar-refractivity contribution < 1.29 is 5.11 Å². The van der Waals surface area contributed by atoms with Gasteiger partial charge in [0.15, 0.2) is 0 Å². The maximum Gasteiger partial charge on any atom is 0.0471 e. The quantitative estimate of drug-likeness (QED) is 0.869. The molecule has 0 aliphatic carbocycles. The molecule has 0 saturated carbocycles. The van der Waals surface area contributed by atoms with Crippen molar-refractivity contribution in [2.75, 3.05) is 6.61 Å². The van der Waals surface area contributed by atoms with E-state index >= 15 is 0 Å². The zero-order valence-electron chi connectivity index (χ0n) is 7.70. The Morgan fingerprint density at radius 2 is 1.71 bits per heavy atom. The van der Waals surface area contributed by atoms with Gasteiger partial charge in [-0.15, -0.1) is 0 Å². The molecular weight excluding hydrogens is 240 g/mol. The van der Waals surface area contributed by atoms with Crippen molar-refractivity contribution in [1.82, 2.24) is 0 Å². The molecule has 0 atom stereocenters. The molecule has 2 rings (SSSR count). The second kappa shape index (κ2) is 4.11. The van der Waals surface area contributed by atoms with E-state index in [1.807, 2.05) is 12.1 Å². The summed E-state index contributed by atoms with van der Waals surface area (Å²) in [6, 6.07) is 12.4. The minimum absolute atomic E-state index is 0.191. The van der Waals surface area contributed by atoms with Crippen molar-refractivity contribution in [2.45, 2.75) is 6.42 Å². The number of hydrogen-bond donors (Lipinski definition) is 1. The van der Waals surface area contributed by atoms with Crippen LogP contribution in [0.5, 0.6) is 0 Å². The number of aliphatic hydroxyl groups is 1. The normalized spacial score (nSPS) is 10.7. The summed E-state index contributed by atoms with van der Waals surface area (Å²) in [5.41, 5.74) is 1.16. The topological polar surface area (TPSA) is 20.2 Å². The average Bonchev–Trinajstić information content (AvgIpc) is 2.19. The summed E-state index contributed by atoms with van der Waals surface area (Å²) in [7, 11) is 0. The highest BCUT2D eigenvalue weighted by molar-refractivity contribution is 9.10. The monoisotopic (exact) mass is 250 g/mol. The number of rotatable bonds is 2. The third-order valence-electron chi connectivity index (χ3n) is 2.30. The molecule has 0 unspecified atom stereocenters. The maximum absolute atomic E-state index is 8.90. The fraction of sp³-hybridized carbons (Fsp3) is 0.167. The molecule has 2 heteroatoms. The molecule has 14 heavy (non-hydrogen) atoms. The maximum atomic E-state index is 8.90. The van der Waals surface area contributed by atoms with E-state index in [0.717, 1.165) is 10.0 Å². The SMILES string of the molecule is OCCc1cc2ccccc2cc1Br. The van der Waals surface area contributed by atoms with E-state index in [9.17, 15) is 0 Å². The van der Waals surface area contributed by atoms with Crippen molar-refractivity contribution in [2.24, 2.45) is 0 Å². The van der Waals surface area contributed by atoms with Crippen molar-refractivity contribution >= 4 is 26.7 Å². The zero-order chi connectivity index (χ0) is 9.97. The molecule has 0 saturated heterocycles. The van der Waals surface area contributed by atoms with Crippen LogP contribution in [0, 0.1) is 0 Å². The molecule has 72 valence electrons. The van der Waals surface area contributed by atoms with Gasteiger partial charge in [-0.1, -0.05) is 40.2 Å². The third kappa shape index (κ3) is 1.81. The summed E-state index contributed by atoms with van der Waals surface area (Å²) in [4.78, 5) is 0. The number of hydrogen-bond acceptors (Lipinski definition) is 1. The molecular formula is C12H11BrO. The number of benzene rings is 2. The van der Waals surface area contributed by atoms with Gasteiger partial charge in [-0.2, -0.15) is 0 Å². The molecule has 0 aliphatic heterocycles. The predicted octanol–water partition coefficient (Wildman–Crippen LogP) is 3.14. The number of aliphatic hydroxyl groups excluding tert-OH is 1. The van der Waals surface area contributed by atoms with Gasteiger partial charge in [0.25, 0.3) is 0 Å². The lowest BCUT2D eigenvalue weighted by atomic mass is 10.1. The molecule has 2 aromatic carbocycles. The van der Waals surface area contributed by atoms with Gasteiger partial charge in [-0.05, 0) is 34.9 Å². The van der Waals surface area contributed by atoms with Gasteiger partial charge >= 0.3 is 0 Å². The van der Waals surface area contributed by atoms with Crippen LogP contribution < -0.4 is 0 Å². The van der Waals surface area contributed by atoms with Crippen molar-refractivity contribution in [3.8, 4) is 0 Å². The molecule has 2 aromatic rings. The molecule has 0 heterocycles. The lowest BCUT2D eigenvalue weighted by molar-refractivity contribution is 0.299. The molecule has 0 aliphatic rings. The first-order valence-electron chi connectivity index (χ1n) is 4.59. The van der Waals surface area contributed by atoms with E-state index in [2.05, 4.69) is 40.2 Å². The van der Waals surface area contributed by atoms with Crippen LogP contribution in [-0.2, 0) is 6.42 Å². The van der Waals surface area contributed by atoms with Gasteiger partial charge in [0.05, 0.1) is 0 Å². The molecule has 0 radical (unpaired) electrons. The van der Waals surface area contributed by atoms with Gasteiger partial charge in [0.1, 0.15) is 0 Å². The predicted molar refractivity (Wildman–Crippen MR) is 62.4 cm³/mol. The third-order valence-corrected chi connectivity index (χ3v) is 3.03. The second-order valence-electron chi connectivity index (χ2n) is 3.26. The highest BCUT2D eigenvalue weighted by atomic mass is 79.9. The van der Waals surface area contributed by atoms with Crippen LogP contribution in [0.2, 0.25) is 0 Å². The van der Waals surface area contributed by atoms with Crippen LogP contribution in [-0.4, -0.2) is 11.7 Å². The Labute approximate surface area is 91.5 Å². The molecule has 0 amide bonds. The minimum Gasteiger partial charge on any atom is -0.396 e. The molecule has 0 fully saturated rings. The summed E-state index contributed by atoms with van der Waals surface area (Å²) in [6.07, 6.45) is 0.700. The van der Waals surface area contributed by atoms with Gasteiger partial charge < -0.3 is 5.11 Å². The summed E-state index contributed by atoms with van der Waals surface area (Å²) < 4.78 is 1.07. The fourth-order valence-corrected chi connectivity index (χ4v) is 2.13. The van der Waals surface area contributed by atoms with Crippen LogP contribution in [0.25, 0.3) is 10.8 Å². The molecule has 0 spiro atoms. The Morgan fingerprint density at radius 3 is 2.36 bits per heavy atom. The standard InChI is InChI=1S/C12H11BrO/c13-12-8-10-4-2-1-3-9(10)7-11(12)5-6-14/h1-4,7-8,14H,5-6H2. The van der Waals surface area contributed by atoms with Crippen molar-refractivity contribution in [3.63, 3.8) is 0 Å². The summed E-state index contributed by atoms with van der Waals surface area (Å²) in [5.74, 6) is 0. The van der Waals surface area contributed by atoms with E-state index in [0.29, 0.717) is 6.42 Å². The molecule has 1 nitrogen and oxygen atoms in total. The highest BCUT2D eigenvalue weighted by Gasteiger charge is 2.01. The summed E-state index contributed by atoms with van der Waals surface area (Å²) >= 11 is 3.51. The van der Waals surface area contributed by atoms with E-state index in [4.69, 9.17) is 5.11 Å². The van der Waals surface area contributed by atoms with Crippen LogP contribution in [0.1, 0.15) is 5.56 Å². The minimum atomic E-state index is 0.191. The number of fused-ring (bicyclic) bond motifs is 1. The summed E-state index contributed by atoms with van der Waals surface area (Å²) in [6.45, 7) is 0.191. The Bertz CT molecular complexity index is 451. The Hall–Kier alpha value is -0.860. The van der Waals surface area contributed by atoms with E-state index in [1.165, 1.54) is 10.8 Å². The van der Waals surface area contributed by atoms with Crippen molar-refractivity contribution in [1.29, 1.82) is 0 Å². The first kappa shape index (κ1) is 9.69. The van der Waals surface area contributed by atoms with Crippen LogP contribution in [0.15, 0.2) is 40.9 Å². The molecule has 0 bridgehead atoms.